The molecule has 1 N–H and O–H groups in total. The molecule has 32 heavy (non-hydrogen) atoms. The van der Waals surface area contributed by atoms with Crippen LogP contribution in [0.25, 0.3) is 22.3 Å². The Kier molecular flexibility index (Phi) is 5.06. The van der Waals surface area contributed by atoms with Crippen molar-refractivity contribution < 1.29 is 9.53 Å². The van der Waals surface area contributed by atoms with Gasteiger partial charge in [0, 0.05) is 30.3 Å². The number of amides is 1. The van der Waals surface area contributed by atoms with Gasteiger partial charge in [-0.05, 0) is 31.0 Å². The first-order chi connectivity index (χ1) is 15.6. The number of nitrogens with zero attached hydrogens (tertiary/aromatic N) is 5. The molecule has 1 unspecified atom stereocenters. The molecule has 4 aromatic rings. The minimum atomic E-state index is -0.426. The SMILES string of the molecule is COc1cc(C(=O)NC2CCCn3c2nc(-c2ccncn2)cc3=O)nc2ccccc12. The van der Waals surface area contributed by atoms with Crippen molar-refractivity contribution in [1.82, 2.24) is 29.8 Å². The number of carbonyl (C=O) groups excluding carboxylic acids is 1. The highest BCUT2D eigenvalue weighted by Crippen LogP contribution is 2.27. The van der Waals surface area contributed by atoms with Crippen molar-refractivity contribution in [3.05, 3.63) is 76.9 Å². The lowest BCUT2D eigenvalue weighted by Crippen LogP contribution is -2.38. The first-order valence-electron chi connectivity index (χ1n) is 10.3. The second kappa shape index (κ2) is 8.18. The summed E-state index contributed by atoms with van der Waals surface area (Å²) in [5, 5.41) is 3.83. The molecule has 1 amide bonds. The van der Waals surface area contributed by atoms with Crippen LogP contribution in [-0.2, 0) is 6.54 Å². The molecule has 1 atom stereocenters. The van der Waals surface area contributed by atoms with Gasteiger partial charge in [-0.25, -0.2) is 19.9 Å². The number of hydrogen-bond donors (Lipinski definition) is 1. The van der Waals surface area contributed by atoms with Crippen LogP contribution in [0.5, 0.6) is 5.75 Å². The Morgan fingerprint density at radius 3 is 2.84 bits per heavy atom. The molecule has 3 aromatic heterocycles. The van der Waals surface area contributed by atoms with E-state index in [1.165, 1.54) is 12.4 Å². The van der Waals surface area contributed by atoms with Crippen LogP contribution in [0.1, 0.15) is 35.2 Å². The van der Waals surface area contributed by atoms with Crippen LogP contribution in [0, 0.1) is 0 Å². The van der Waals surface area contributed by atoms with Crippen LogP contribution >= 0.6 is 0 Å². The molecule has 4 heterocycles. The third kappa shape index (κ3) is 3.58. The van der Waals surface area contributed by atoms with Crippen LogP contribution in [0.4, 0.5) is 0 Å². The van der Waals surface area contributed by atoms with Crippen molar-refractivity contribution in [3.8, 4) is 17.1 Å². The van der Waals surface area contributed by atoms with Gasteiger partial charge in [0.1, 0.15) is 23.6 Å². The third-order valence-electron chi connectivity index (χ3n) is 5.50. The fraction of sp³-hybridized carbons (Fsp3) is 0.217. The standard InChI is InChI=1S/C23H20N6O3/c1-32-20-11-19(26-15-6-3-2-5-14(15)20)23(31)28-17-7-4-10-29-21(30)12-18(27-22(17)29)16-8-9-24-13-25-16/h2-3,5-6,8-9,11-13,17H,4,7,10H2,1H3,(H,28,31). The molecule has 0 radical (unpaired) electrons. The molecule has 0 saturated heterocycles. The van der Waals surface area contributed by atoms with Crippen molar-refractivity contribution in [2.24, 2.45) is 0 Å². The zero-order chi connectivity index (χ0) is 22.1. The highest BCUT2D eigenvalue weighted by Gasteiger charge is 2.26. The number of methoxy groups -OCH3 is 1. The predicted molar refractivity (Wildman–Crippen MR) is 117 cm³/mol. The van der Waals surface area contributed by atoms with Gasteiger partial charge < -0.3 is 10.1 Å². The van der Waals surface area contributed by atoms with Gasteiger partial charge in [0.15, 0.2) is 0 Å². The Hall–Kier alpha value is -4.14. The van der Waals surface area contributed by atoms with E-state index in [0.29, 0.717) is 41.4 Å². The Bertz CT molecular complexity index is 1370. The van der Waals surface area contributed by atoms with Gasteiger partial charge in [-0.3, -0.25) is 14.2 Å². The smallest absolute Gasteiger partial charge is 0.270 e. The van der Waals surface area contributed by atoms with Gasteiger partial charge in [0.05, 0.1) is 30.1 Å². The Balaban J connectivity index is 1.50. The molecule has 160 valence electrons. The molecule has 1 aliphatic heterocycles. The lowest BCUT2D eigenvalue weighted by atomic mass is 10.1. The topological polar surface area (TPSA) is 112 Å². The maximum absolute atomic E-state index is 13.1. The van der Waals surface area contributed by atoms with Crippen molar-refractivity contribution in [3.63, 3.8) is 0 Å². The Morgan fingerprint density at radius 2 is 2.03 bits per heavy atom. The van der Waals surface area contributed by atoms with Gasteiger partial charge >= 0.3 is 0 Å². The van der Waals surface area contributed by atoms with Gasteiger partial charge in [-0.2, -0.15) is 0 Å². The maximum atomic E-state index is 13.1. The van der Waals surface area contributed by atoms with E-state index in [-0.39, 0.29) is 17.2 Å². The predicted octanol–water partition coefficient (Wildman–Crippen LogP) is 2.52. The van der Waals surface area contributed by atoms with Crippen LogP contribution in [-0.4, -0.2) is 37.5 Å². The van der Waals surface area contributed by atoms with E-state index in [1.54, 1.807) is 30.0 Å². The van der Waals surface area contributed by atoms with Crippen molar-refractivity contribution in [1.29, 1.82) is 0 Å². The van der Waals surface area contributed by atoms with Crippen LogP contribution < -0.4 is 15.6 Å². The second-order valence-corrected chi connectivity index (χ2v) is 7.48. The fourth-order valence-corrected chi connectivity index (χ4v) is 3.97. The molecule has 5 rings (SSSR count). The molecule has 0 aliphatic carbocycles. The summed E-state index contributed by atoms with van der Waals surface area (Å²) in [5.41, 5.74) is 1.74. The molecule has 9 heteroatoms. The summed E-state index contributed by atoms with van der Waals surface area (Å²) in [6, 6.07) is 11.8. The van der Waals surface area contributed by atoms with Crippen LogP contribution in [0.3, 0.4) is 0 Å². The van der Waals surface area contributed by atoms with Crippen LogP contribution in [0.2, 0.25) is 0 Å². The minimum absolute atomic E-state index is 0.173. The lowest BCUT2D eigenvalue weighted by molar-refractivity contribution is 0.0922. The van der Waals surface area contributed by atoms with Gasteiger partial charge in [0.2, 0.25) is 0 Å². The average Bonchev–Trinajstić information content (AvgIpc) is 2.84. The van der Waals surface area contributed by atoms with E-state index < -0.39 is 6.04 Å². The minimum Gasteiger partial charge on any atom is -0.496 e. The molecular weight excluding hydrogens is 408 g/mol. The van der Waals surface area contributed by atoms with E-state index >= 15 is 0 Å². The number of fused-ring (bicyclic) bond motifs is 2. The summed E-state index contributed by atoms with van der Waals surface area (Å²) in [6.45, 7) is 0.555. The van der Waals surface area contributed by atoms with Crippen molar-refractivity contribution in [2.75, 3.05) is 7.11 Å². The summed E-state index contributed by atoms with van der Waals surface area (Å²) in [4.78, 5) is 43.1. The zero-order valence-corrected chi connectivity index (χ0v) is 17.4. The van der Waals surface area contributed by atoms with Crippen LogP contribution in [0.15, 0.2) is 59.8 Å². The Labute approximate surface area is 183 Å². The summed E-state index contributed by atoms with van der Waals surface area (Å²) < 4.78 is 7.06. The first-order valence-corrected chi connectivity index (χ1v) is 10.3. The molecule has 0 spiro atoms. The lowest BCUT2D eigenvalue weighted by Gasteiger charge is -2.26. The molecule has 1 aromatic carbocycles. The number of aromatic nitrogens is 5. The van der Waals surface area contributed by atoms with E-state index in [9.17, 15) is 9.59 Å². The third-order valence-corrected chi connectivity index (χ3v) is 5.50. The number of carbonyl (C=O) groups is 1. The number of para-hydroxylation sites is 1. The molecule has 0 bridgehead atoms. The van der Waals surface area contributed by atoms with E-state index in [0.717, 1.165) is 11.8 Å². The molecule has 9 nitrogen and oxygen atoms in total. The molecular formula is C23H20N6O3. The number of benzene rings is 1. The van der Waals surface area contributed by atoms with Gasteiger partial charge in [-0.15, -0.1) is 0 Å². The number of rotatable bonds is 4. The highest BCUT2D eigenvalue weighted by atomic mass is 16.5. The fourth-order valence-electron chi connectivity index (χ4n) is 3.97. The summed E-state index contributed by atoms with van der Waals surface area (Å²) >= 11 is 0. The molecule has 0 saturated carbocycles. The highest BCUT2D eigenvalue weighted by molar-refractivity contribution is 5.97. The van der Waals surface area contributed by atoms with Gasteiger partial charge in [0.25, 0.3) is 11.5 Å². The monoisotopic (exact) mass is 428 g/mol. The first kappa shape index (κ1) is 19.8. The second-order valence-electron chi connectivity index (χ2n) is 7.48. The largest absolute Gasteiger partial charge is 0.496 e. The average molecular weight is 428 g/mol. The number of pyridine rings is 1. The summed E-state index contributed by atoms with van der Waals surface area (Å²) in [5.74, 6) is 0.734. The van der Waals surface area contributed by atoms with Gasteiger partial charge in [-0.1, -0.05) is 12.1 Å². The summed E-state index contributed by atoms with van der Waals surface area (Å²) in [7, 11) is 1.56. The number of hydrogen-bond acceptors (Lipinski definition) is 7. The van der Waals surface area contributed by atoms with E-state index in [1.807, 2.05) is 24.3 Å². The summed E-state index contributed by atoms with van der Waals surface area (Å²) in [6.07, 6.45) is 4.42. The number of nitrogens with one attached hydrogen (secondary N) is 1. The normalized spacial score (nSPS) is 15.2. The van der Waals surface area contributed by atoms with E-state index in [2.05, 4.69) is 25.3 Å². The molecule has 1 aliphatic rings. The van der Waals surface area contributed by atoms with Crippen molar-refractivity contribution in [2.45, 2.75) is 25.4 Å². The van der Waals surface area contributed by atoms with E-state index in [4.69, 9.17) is 4.74 Å². The maximum Gasteiger partial charge on any atom is 0.270 e. The number of ether oxygens (including phenoxy) is 1. The Morgan fingerprint density at radius 1 is 1.16 bits per heavy atom. The zero-order valence-electron chi connectivity index (χ0n) is 17.4. The molecule has 0 fully saturated rings. The quantitative estimate of drug-likeness (QED) is 0.531. The van der Waals surface area contributed by atoms with Crippen molar-refractivity contribution >= 4 is 16.8 Å².